The minimum Gasteiger partial charge on any atom is -0.395 e. The molecule has 0 spiro atoms. The molecule has 0 bridgehead atoms. The molecular weight excluding hydrogens is 207 g/mol. The van der Waals surface area contributed by atoms with E-state index in [0.717, 1.165) is 28.6 Å². The quantitative estimate of drug-likeness (QED) is 0.678. The van der Waals surface area contributed by atoms with Crippen LogP contribution in [-0.2, 0) is 13.0 Å². The maximum Gasteiger partial charge on any atom is 0.123 e. The van der Waals surface area contributed by atoms with Gasteiger partial charge in [-0.05, 0) is 30.2 Å². The van der Waals surface area contributed by atoms with Gasteiger partial charge in [0.1, 0.15) is 5.82 Å². The van der Waals surface area contributed by atoms with E-state index in [1.54, 1.807) is 12.1 Å². The van der Waals surface area contributed by atoms with E-state index in [9.17, 15) is 4.39 Å². The summed E-state index contributed by atoms with van der Waals surface area (Å²) in [6.45, 7) is 0.818. The summed E-state index contributed by atoms with van der Waals surface area (Å²) in [7, 11) is 0. The molecule has 0 saturated heterocycles. The fourth-order valence-corrected chi connectivity index (χ4v) is 2.35. The number of halogens is 1. The Morgan fingerprint density at radius 3 is 3.12 bits per heavy atom. The van der Waals surface area contributed by atoms with Crippen molar-refractivity contribution in [3.05, 3.63) is 35.3 Å². The summed E-state index contributed by atoms with van der Waals surface area (Å²) < 4.78 is 13.2. The molecule has 0 amide bonds. The highest BCUT2D eigenvalue weighted by molar-refractivity contribution is 5.85. The van der Waals surface area contributed by atoms with Gasteiger partial charge in [-0.3, -0.25) is 0 Å². The Labute approximate surface area is 92.3 Å². The van der Waals surface area contributed by atoms with E-state index in [1.165, 1.54) is 6.07 Å². The average Bonchev–Trinajstić information content (AvgIpc) is 2.66. The van der Waals surface area contributed by atoms with Gasteiger partial charge in [0.25, 0.3) is 0 Å². The Balaban J connectivity index is 2.15. The smallest absolute Gasteiger partial charge is 0.123 e. The van der Waals surface area contributed by atoms with E-state index >= 15 is 0 Å². The zero-order valence-electron chi connectivity index (χ0n) is 8.76. The molecule has 0 saturated carbocycles. The van der Waals surface area contributed by atoms with Crippen molar-refractivity contribution in [1.82, 2.24) is 10.3 Å². The van der Waals surface area contributed by atoms with Gasteiger partial charge in [-0.15, -0.1) is 0 Å². The topological polar surface area (TPSA) is 48.0 Å². The SMILES string of the molecule is OC[C@@H]1Cc2c([nH]c3ccc(F)cc23)CN1. The summed E-state index contributed by atoms with van der Waals surface area (Å²) in [5.41, 5.74) is 3.20. The number of rotatable bonds is 1. The van der Waals surface area contributed by atoms with Crippen LogP contribution in [0, 0.1) is 5.82 Å². The maximum absolute atomic E-state index is 13.2. The minimum absolute atomic E-state index is 0.0785. The number of H-pyrrole nitrogens is 1. The van der Waals surface area contributed by atoms with Crippen molar-refractivity contribution >= 4 is 10.9 Å². The van der Waals surface area contributed by atoms with E-state index in [-0.39, 0.29) is 18.5 Å². The molecule has 3 rings (SSSR count). The first-order chi connectivity index (χ1) is 7.78. The Morgan fingerprint density at radius 2 is 2.31 bits per heavy atom. The molecule has 0 aliphatic carbocycles. The fraction of sp³-hybridized carbons (Fsp3) is 0.333. The monoisotopic (exact) mass is 220 g/mol. The van der Waals surface area contributed by atoms with Gasteiger partial charge in [0, 0.05) is 29.2 Å². The zero-order valence-corrected chi connectivity index (χ0v) is 8.76. The first-order valence-corrected chi connectivity index (χ1v) is 5.41. The normalized spacial score (nSPS) is 20.0. The molecular formula is C12H13FN2O. The molecule has 1 atom stereocenters. The van der Waals surface area contributed by atoms with Gasteiger partial charge in [0.05, 0.1) is 6.61 Å². The lowest BCUT2D eigenvalue weighted by Gasteiger charge is -2.22. The first-order valence-electron chi connectivity index (χ1n) is 5.41. The van der Waals surface area contributed by atoms with Crippen LogP contribution in [0.15, 0.2) is 18.2 Å². The van der Waals surface area contributed by atoms with Gasteiger partial charge in [0.15, 0.2) is 0 Å². The van der Waals surface area contributed by atoms with Crippen molar-refractivity contribution in [1.29, 1.82) is 0 Å². The third-order valence-electron chi connectivity index (χ3n) is 3.19. The Morgan fingerprint density at radius 1 is 1.44 bits per heavy atom. The van der Waals surface area contributed by atoms with Crippen molar-refractivity contribution in [3.63, 3.8) is 0 Å². The van der Waals surface area contributed by atoms with Crippen LogP contribution in [0.3, 0.4) is 0 Å². The predicted molar refractivity (Wildman–Crippen MR) is 59.7 cm³/mol. The second-order valence-electron chi connectivity index (χ2n) is 4.24. The van der Waals surface area contributed by atoms with Crippen molar-refractivity contribution in [2.75, 3.05) is 6.61 Å². The van der Waals surface area contributed by atoms with Crippen LogP contribution in [-0.4, -0.2) is 22.7 Å². The van der Waals surface area contributed by atoms with Crippen molar-refractivity contribution < 1.29 is 9.50 Å². The number of hydrogen-bond acceptors (Lipinski definition) is 2. The third kappa shape index (κ3) is 1.42. The molecule has 0 fully saturated rings. The summed E-state index contributed by atoms with van der Waals surface area (Å²) in [5.74, 6) is -0.214. The lowest BCUT2D eigenvalue weighted by atomic mass is 9.99. The number of fused-ring (bicyclic) bond motifs is 3. The highest BCUT2D eigenvalue weighted by Crippen LogP contribution is 2.27. The Kier molecular flexibility index (Phi) is 2.19. The predicted octanol–water partition coefficient (Wildman–Crippen LogP) is 1.31. The molecule has 0 radical (unpaired) electrons. The lowest BCUT2D eigenvalue weighted by Crippen LogP contribution is -2.37. The minimum atomic E-state index is -0.214. The molecule has 4 heteroatoms. The van der Waals surface area contributed by atoms with E-state index in [1.807, 2.05) is 0 Å². The van der Waals surface area contributed by atoms with E-state index in [2.05, 4.69) is 10.3 Å². The van der Waals surface area contributed by atoms with Gasteiger partial charge in [-0.1, -0.05) is 0 Å². The fourth-order valence-electron chi connectivity index (χ4n) is 2.35. The van der Waals surface area contributed by atoms with Crippen LogP contribution in [0.5, 0.6) is 0 Å². The lowest BCUT2D eigenvalue weighted by molar-refractivity contribution is 0.235. The number of aliphatic hydroxyl groups is 1. The molecule has 1 aromatic carbocycles. The highest BCUT2D eigenvalue weighted by Gasteiger charge is 2.21. The number of benzene rings is 1. The summed E-state index contributed by atoms with van der Waals surface area (Å²) >= 11 is 0. The second kappa shape index (κ2) is 3.57. The van der Waals surface area contributed by atoms with E-state index in [0.29, 0.717) is 6.54 Å². The molecule has 1 aliphatic heterocycles. The number of hydrogen-bond donors (Lipinski definition) is 3. The zero-order chi connectivity index (χ0) is 11.1. The van der Waals surface area contributed by atoms with Crippen LogP contribution >= 0.6 is 0 Å². The molecule has 16 heavy (non-hydrogen) atoms. The third-order valence-corrected chi connectivity index (χ3v) is 3.19. The Bertz CT molecular complexity index is 535. The maximum atomic E-state index is 13.2. The summed E-state index contributed by atoms with van der Waals surface area (Å²) in [5, 5.41) is 13.3. The standard InChI is InChI=1S/C12H13FN2O/c13-7-1-2-11-9(3-7)10-4-8(6-16)14-5-12(10)15-11/h1-3,8,14-16H,4-6H2/t8-/m0/s1. The molecule has 0 unspecified atom stereocenters. The second-order valence-corrected chi connectivity index (χ2v) is 4.24. The van der Waals surface area contributed by atoms with Gasteiger partial charge in [-0.2, -0.15) is 0 Å². The first kappa shape index (κ1) is 9.81. The summed E-state index contributed by atoms with van der Waals surface area (Å²) in [6.07, 6.45) is 0.745. The van der Waals surface area contributed by atoms with Crippen molar-refractivity contribution in [2.45, 2.75) is 19.0 Å². The van der Waals surface area contributed by atoms with Gasteiger partial charge < -0.3 is 15.4 Å². The molecule has 2 aromatic rings. The molecule has 1 aromatic heterocycles. The van der Waals surface area contributed by atoms with Gasteiger partial charge in [0.2, 0.25) is 0 Å². The Hall–Kier alpha value is -1.39. The van der Waals surface area contributed by atoms with Crippen LogP contribution < -0.4 is 5.32 Å². The van der Waals surface area contributed by atoms with Crippen LogP contribution in [0.4, 0.5) is 4.39 Å². The highest BCUT2D eigenvalue weighted by atomic mass is 19.1. The van der Waals surface area contributed by atoms with E-state index < -0.39 is 0 Å². The number of aromatic amines is 1. The van der Waals surface area contributed by atoms with E-state index in [4.69, 9.17) is 5.11 Å². The van der Waals surface area contributed by atoms with Gasteiger partial charge in [-0.25, -0.2) is 4.39 Å². The molecule has 2 heterocycles. The number of nitrogens with one attached hydrogen (secondary N) is 2. The molecule has 3 N–H and O–H groups in total. The summed E-state index contributed by atoms with van der Waals surface area (Å²) in [6, 6.07) is 4.86. The number of aromatic nitrogens is 1. The average molecular weight is 220 g/mol. The molecule has 1 aliphatic rings. The molecule has 3 nitrogen and oxygen atoms in total. The van der Waals surface area contributed by atoms with Crippen molar-refractivity contribution in [3.8, 4) is 0 Å². The van der Waals surface area contributed by atoms with Crippen molar-refractivity contribution in [2.24, 2.45) is 0 Å². The molecule has 84 valence electrons. The van der Waals surface area contributed by atoms with Gasteiger partial charge >= 0.3 is 0 Å². The summed E-state index contributed by atoms with van der Waals surface area (Å²) in [4.78, 5) is 3.28. The number of aliphatic hydroxyl groups excluding tert-OH is 1. The largest absolute Gasteiger partial charge is 0.395 e. The van der Waals surface area contributed by atoms with Crippen LogP contribution in [0.2, 0.25) is 0 Å². The van der Waals surface area contributed by atoms with Crippen LogP contribution in [0.1, 0.15) is 11.3 Å². The van der Waals surface area contributed by atoms with Crippen LogP contribution in [0.25, 0.3) is 10.9 Å².